The molecule has 6 nitrogen and oxygen atoms in total. The molecule has 134 valence electrons. The molecule has 1 heterocycles. The number of nitrogens with one attached hydrogen (secondary N) is 1. The van der Waals surface area contributed by atoms with Crippen molar-refractivity contribution in [1.29, 1.82) is 0 Å². The monoisotopic (exact) mass is 358 g/mol. The molecule has 1 aromatic heterocycles. The van der Waals surface area contributed by atoms with Gasteiger partial charge >= 0.3 is 6.61 Å². The summed E-state index contributed by atoms with van der Waals surface area (Å²) in [7, 11) is 0. The third kappa shape index (κ3) is 3.69. The molecule has 0 saturated carbocycles. The number of nitrogens with zero attached hydrogens (tertiary/aromatic N) is 3. The minimum atomic E-state index is -2.99. The van der Waals surface area contributed by atoms with Crippen molar-refractivity contribution in [2.75, 3.05) is 5.32 Å². The van der Waals surface area contributed by atoms with Crippen LogP contribution in [0.1, 0.15) is 21.7 Å². The van der Waals surface area contributed by atoms with E-state index in [0.717, 1.165) is 11.3 Å². The maximum absolute atomic E-state index is 12.5. The first-order chi connectivity index (χ1) is 12.5. The molecule has 0 atom stereocenters. The molecule has 26 heavy (non-hydrogen) atoms. The zero-order valence-corrected chi connectivity index (χ0v) is 14.1. The van der Waals surface area contributed by atoms with Crippen LogP contribution < -0.4 is 10.1 Å². The fraction of sp³-hybridized carbons (Fsp3) is 0.167. The molecule has 0 aliphatic heterocycles. The third-order valence-corrected chi connectivity index (χ3v) is 3.74. The Balaban J connectivity index is 1.85. The molecule has 3 aromatic rings. The molecule has 1 N–H and O–H groups in total. The van der Waals surface area contributed by atoms with Crippen LogP contribution in [0.2, 0.25) is 0 Å². The molecule has 0 radical (unpaired) electrons. The van der Waals surface area contributed by atoms with Gasteiger partial charge in [-0.15, -0.1) is 5.10 Å². The van der Waals surface area contributed by atoms with E-state index in [1.165, 1.54) is 22.9 Å². The molecule has 8 heteroatoms. The van der Waals surface area contributed by atoms with E-state index >= 15 is 0 Å². The molecule has 2 aromatic carbocycles. The van der Waals surface area contributed by atoms with E-state index in [2.05, 4.69) is 20.4 Å². The second-order valence-electron chi connectivity index (χ2n) is 5.60. The minimum Gasteiger partial charge on any atom is -0.433 e. The second kappa shape index (κ2) is 7.30. The molecule has 0 bridgehead atoms. The van der Waals surface area contributed by atoms with Crippen molar-refractivity contribution in [3.63, 3.8) is 0 Å². The molecule has 0 fully saturated rings. The highest BCUT2D eigenvalue weighted by molar-refractivity contribution is 6.04. The number of rotatable bonds is 5. The minimum absolute atomic E-state index is 0.0948. The highest BCUT2D eigenvalue weighted by Crippen LogP contribution is 2.26. The van der Waals surface area contributed by atoms with Crippen molar-refractivity contribution in [3.05, 3.63) is 65.5 Å². The molecule has 0 aliphatic rings. The lowest BCUT2D eigenvalue weighted by molar-refractivity contribution is -0.0493. The standard InChI is InChI=1S/C18H16F2N4O2/c1-11-7-9-13(10-8-11)24-12(2)16(22-23-24)17(25)21-14-5-3-4-6-15(14)26-18(19)20/h3-10,18H,1-2H3,(H,21,25). The summed E-state index contributed by atoms with van der Waals surface area (Å²) >= 11 is 0. The Morgan fingerprint density at radius 1 is 1.12 bits per heavy atom. The lowest BCUT2D eigenvalue weighted by Gasteiger charge is -2.11. The number of alkyl halides is 2. The topological polar surface area (TPSA) is 69.0 Å². The van der Waals surface area contributed by atoms with Gasteiger partial charge in [0.05, 0.1) is 17.1 Å². The summed E-state index contributed by atoms with van der Waals surface area (Å²) in [6.45, 7) is 0.684. The van der Waals surface area contributed by atoms with Crippen molar-refractivity contribution < 1.29 is 18.3 Å². The lowest BCUT2D eigenvalue weighted by atomic mass is 10.2. The SMILES string of the molecule is Cc1ccc(-n2nnc(C(=O)Nc3ccccc3OC(F)F)c2C)cc1. The highest BCUT2D eigenvalue weighted by Gasteiger charge is 2.19. The Kier molecular flexibility index (Phi) is 4.92. The van der Waals surface area contributed by atoms with Crippen LogP contribution in [0.4, 0.5) is 14.5 Å². The van der Waals surface area contributed by atoms with Crippen molar-refractivity contribution in [2.45, 2.75) is 20.5 Å². The van der Waals surface area contributed by atoms with Crippen molar-refractivity contribution in [1.82, 2.24) is 15.0 Å². The third-order valence-electron chi connectivity index (χ3n) is 3.74. The van der Waals surface area contributed by atoms with E-state index in [0.29, 0.717) is 5.69 Å². The number of carbonyl (C=O) groups is 1. The van der Waals surface area contributed by atoms with Crippen LogP contribution in [0, 0.1) is 13.8 Å². The van der Waals surface area contributed by atoms with Crippen LogP contribution in [-0.2, 0) is 0 Å². The van der Waals surface area contributed by atoms with Crippen molar-refractivity contribution in [2.24, 2.45) is 0 Å². The number of ether oxygens (including phenoxy) is 1. The number of halogens is 2. The number of anilines is 1. The van der Waals surface area contributed by atoms with Gasteiger partial charge in [0.1, 0.15) is 5.75 Å². The molecular weight excluding hydrogens is 342 g/mol. The van der Waals surface area contributed by atoms with Gasteiger partial charge < -0.3 is 10.1 Å². The molecule has 0 aliphatic carbocycles. The summed E-state index contributed by atoms with van der Waals surface area (Å²) in [6, 6.07) is 13.5. The smallest absolute Gasteiger partial charge is 0.387 e. The van der Waals surface area contributed by atoms with E-state index < -0.39 is 12.5 Å². The van der Waals surface area contributed by atoms with Crippen molar-refractivity contribution in [3.8, 4) is 11.4 Å². The number of carbonyl (C=O) groups excluding carboxylic acids is 1. The van der Waals surface area contributed by atoms with E-state index in [1.807, 2.05) is 31.2 Å². The first kappa shape index (κ1) is 17.5. The van der Waals surface area contributed by atoms with Gasteiger partial charge in [0.2, 0.25) is 0 Å². The molecule has 1 amide bonds. The zero-order chi connectivity index (χ0) is 18.7. The molecule has 0 spiro atoms. The largest absolute Gasteiger partial charge is 0.433 e. The van der Waals surface area contributed by atoms with Gasteiger partial charge in [0.25, 0.3) is 5.91 Å². The van der Waals surface area contributed by atoms with Gasteiger partial charge in [-0.25, -0.2) is 4.68 Å². The summed E-state index contributed by atoms with van der Waals surface area (Å²) in [5.41, 5.74) is 2.61. The van der Waals surface area contributed by atoms with Gasteiger partial charge in [-0.05, 0) is 38.1 Å². The lowest BCUT2D eigenvalue weighted by Crippen LogP contribution is -2.15. The van der Waals surface area contributed by atoms with E-state index in [-0.39, 0.29) is 17.1 Å². The maximum Gasteiger partial charge on any atom is 0.387 e. The Bertz CT molecular complexity index is 923. The molecule has 3 rings (SSSR count). The maximum atomic E-state index is 12.5. The van der Waals surface area contributed by atoms with Gasteiger partial charge in [0, 0.05) is 0 Å². The van der Waals surface area contributed by atoms with Gasteiger partial charge in [0.15, 0.2) is 5.69 Å². The number of amides is 1. The number of aryl methyl sites for hydroxylation is 1. The van der Waals surface area contributed by atoms with Crippen LogP contribution >= 0.6 is 0 Å². The summed E-state index contributed by atoms with van der Waals surface area (Å²) in [4.78, 5) is 12.5. The van der Waals surface area contributed by atoms with E-state index in [4.69, 9.17) is 0 Å². The molecular formula is C18H16F2N4O2. The van der Waals surface area contributed by atoms with Crippen LogP contribution in [0.5, 0.6) is 5.75 Å². The fourth-order valence-electron chi connectivity index (χ4n) is 2.42. The van der Waals surface area contributed by atoms with Crippen LogP contribution in [-0.4, -0.2) is 27.5 Å². The zero-order valence-electron chi connectivity index (χ0n) is 14.1. The summed E-state index contributed by atoms with van der Waals surface area (Å²) in [6.07, 6.45) is 0. The number of para-hydroxylation sites is 2. The summed E-state index contributed by atoms with van der Waals surface area (Å²) in [5.74, 6) is -0.689. The number of aromatic nitrogens is 3. The number of hydrogen-bond acceptors (Lipinski definition) is 4. The van der Waals surface area contributed by atoms with Gasteiger partial charge in [-0.1, -0.05) is 35.0 Å². The average molecular weight is 358 g/mol. The van der Waals surface area contributed by atoms with Crippen LogP contribution in [0.3, 0.4) is 0 Å². The number of benzene rings is 2. The number of hydrogen-bond donors (Lipinski definition) is 1. The summed E-state index contributed by atoms with van der Waals surface area (Å²) in [5, 5.41) is 10.5. The quantitative estimate of drug-likeness (QED) is 0.754. The fourth-order valence-corrected chi connectivity index (χ4v) is 2.42. The van der Waals surface area contributed by atoms with Gasteiger partial charge in [-0.2, -0.15) is 8.78 Å². The highest BCUT2D eigenvalue weighted by atomic mass is 19.3. The predicted molar refractivity (Wildman–Crippen MR) is 91.9 cm³/mol. The predicted octanol–water partition coefficient (Wildman–Crippen LogP) is 3.74. The van der Waals surface area contributed by atoms with Crippen LogP contribution in [0.25, 0.3) is 5.69 Å². The van der Waals surface area contributed by atoms with Crippen molar-refractivity contribution >= 4 is 11.6 Å². The second-order valence-corrected chi connectivity index (χ2v) is 5.60. The van der Waals surface area contributed by atoms with Crippen LogP contribution in [0.15, 0.2) is 48.5 Å². The first-order valence-corrected chi connectivity index (χ1v) is 7.80. The van der Waals surface area contributed by atoms with E-state index in [1.54, 1.807) is 13.0 Å². The Morgan fingerprint density at radius 3 is 2.50 bits per heavy atom. The van der Waals surface area contributed by atoms with E-state index in [9.17, 15) is 13.6 Å². The Morgan fingerprint density at radius 2 is 1.81 bits per heavy atom. The normalized spacial score (nSPS) is 10.8. The average Bonchev–Trinajstić information content (AvgIpc) is 2.98. The molecule has 0 unspecified atom stereocenters. The molecule has 0 saturated heterocycles. The van der Waals surface area contributed by atoms with Gasteiger partial charge in [-0.3, -0.25) is 4.79 Å². The Hall–Kier alpha value is -3.29. The first-order valence-electron chi connectivity index (χ1n) is 7.80. The summed E-state index contributed by atoms with van der Waals surface area (Å²) < 4.78 is 30.9. The Labute approximate surface area is 148 Å².